The number of nitrogens with zero attached hydrogens (tertiary/aromatic N) is 2. The maximum absolute atomic E-state index is 14.5. The lowest BCUT2D eigenvalue weighted by Crippen LogP contribution is -2.50. The second-order valence-electron chi connectivity index (χ2n) is 11.8. The third-order valence-corrected chi connectivity index (χ3v) is 8.85. The molecule has 10 heteroatoms. The lowest BCUT2D eigenvalue weighted by Gasteiger charge is -2.33. The van der Waals surface area contributed by atoms with Crippen LogP contribution in [0, 0.1) is 0 Å². The lowest BCUT2D eigenvalue weighted by atomic mass is 9.95. The fourth-order valence-corrected chi connectivity index (χ4v) is 6.40. The zero-order valence-corrected chi connectivity index (χ0v) is 27.8. The van der Waals surface area contributed by atoms with Crippen LogP contribution in [0.3, 0.4) is 0 Å². The molecule has 252 valence electrons. The van der Waals surface area contributed by atoms with Gasteiger partial charge in [0.15, 0.2) is 11.5 Å². The monoisotopic (exact) mass is 660 g/mol. The van der Waals surface area contributed by atoms with Crippen LogP contribution in [0.15, 0.2) is 114 Å². The Kier molecular flexibility index (Phi) is 10.1. The number of likely N-dealkylation sites (N-methyl/N-ethyl adjacent to an activating group) is 1. The number of carbonyl (C=O) groups excluding carboxylic acids is 3. The number of nitrogens with one attached hydrogen (secondary N) is 2. The predicted molar refractivity (Wildman–Crippen MR) is 186 cm³/mol. The van der Waals surface area contributed by atoms with E-state index in [4.69, 9.17) is 14.2 Å². The number of methoxy groups -OCH3 is 2. The first-order chi connectivity index (χ1) is 23.9. The Hall–Kier alpha value is -5.77. The van der Waals surface area contributed by atoms with Crippen LogP contribution in [0.1, 0.15) is 29.7 Å². The summed E-state index contributed by atoms with van der Waals surface area (Å²) in [5.74, 6) is 1.94. The topological polar surface area (TPSA) is 109 Å². The maximum atomic E-state index is 14.5. The molecule has 2 atom stereocenters. The van der Waals surface area contributed by atoms with Gasteiger partial charge in [0.2, 0.25) is 5.91 Å². The van der Waals surface area contributed by atoms with Gasteiger partial charge in [-0.1, -0.05) is 66.7 Å². The van der Waals surface area contributed by atoms with E-state index in [0.717, 1.165) is 11.1 Å². The first-order valence-corrected chi connectivity index (χ1v) is 16.4. The van der Waals surface area contributed by atoms with Gasteiger partial charge in [0.25, 0.3) is 5.91 Å². The molecule has 0 radical (unpaired) electrons. The van der Waals surface area contributed by atoms with Gasteiger partial charge in [-0.15, -0.1) is 0 Å². The molecule has 0 aromatic heterocycles. The van der Waals surface area contributed by atoms with Crippen molar-refractivity contribution in [3.05, 3.63) is 131 Å². The Labute approximate surface area is 286 Å². The third kappa shape index (κ3) is 7.23. The largest absolute Gasteiger partial charge is 0.493 e. The Morgan fingerprint density at radius 1 is 0.857 bits per heavy atom. The van der Waals surface area contributed by atoms with Crippen molar-refractivity contribution in [3.8, 4) is 23.0 Å². The fourth-order valence-electron chi connectivity index (χ4n) is 6.40. The SMILES string of the molecule is CCN1C(=O)N[C@H](c2cccc(Oc3ccccc3)c2)C2=C1CN([C@H](Cc1ccccc1)C(=O)NCCc1ccc(OC)c(OC)c1)C2=O. The molecular formula is C39H40N4O6. The van der Waals surface area contributed by atoms with Crippen molar-refractivity contribution in [3.63, 3.8) is 0 Å². The van der Waals surface area contributed by atoms with E-state index in [9.17, 15) is 14.4 Å². The second kappa shape index (κ2) is 15.0. The summed E-state index contributed by atoms with van der Waals surface area (Å²) in [6.45, 7) is 2.73. The summed E-state index contributed by atoms with van der Waals surface area (Å²) in [5, 5.41) is 6.11. The van der Waals surface area contributed by atoms with Gasteiger partial charge in [-0.25, -0.2) is 4.79 Å². The van der Waals surface area contributed by atoms with Crippen molar-refractivity contribution in [2.45, 2.75) is 31.8 Å². The minimum absolute atomic E-state index is 0.132. The molecule has 2 aliphatic rings. The standard InChI is InChI=1S/C39H40N4O6/c1-4-42-32-25-43(38(45)35(32)36(41-39(42)46)28-14-11-17-30(24-28)49-29-15-9-6-10-16-29)31(22-26-12-7-5-8-13-26)37(44)40-21-20-27-18-19-33(47-2)34(23-27)48-3/h5-19,23-24,31,36H,4,20-22,25H2,1-3H3,(H,40,44)(H,41,46)/t31-,36-/m1/s1. The van der Waals surface area contributed by atoms with Crippen molar-refractivity contribution in [1.29, 1.82) is 0 Å². The number of benzene rings is 4. The molecule has 4 aromatic carbocycles. The van der Waals surface area contributed by atoms with E-state index in [-0.39, 0.29) is 24.4 Å². The second-order valence-corrected chi connectivity index (χ2v) is 11.8. The van der Waals surface area contributed by atoms with E-state index in [0.29, 0.717) is 65.8 Å². The van der Waals surface area contributed by atoms with Crippen LogP contribution >= 0.6 is 0 Å². The highest BCUT2D eigenvalue weighted by molar-refractivity contribution is 6.03. The maximum Gasteiger partial charge on any atom is 0.322 e. The number of urea groups is 1. The highest BCUT2D eigenvalue weighted by Gasteiger charge is 2.46. The molecule has 0 bridgehead atoms. The van der Waals surface area contributed by atoms with Crippen molar-refractivity contribution in [1.82, 2.24) is 20.4 Å². The molecule has 49 heavy (non-hydrogen) atoms. The first kappa shape index (κ1) is 33.1. The van der Waals surface area contributed by atoms with Gasteiger partial charge in [0.05, 0.1) is 38.1 Å². The van der Waals surface area contributed by atoms with Gasteiger partial charge >= 0.3 is 6.03 Å². The first-order valence-electron chi connectivity index (χ1n) is 16.4. The van der Waals surface area contributed by atoms with Crippen LogP contribution in [-0.2, 0) is 22.4 Å². The van der Waals surface area contributed by atoms with E-state index < -0.39 is 12.1 Å². The fraction of sp³-hybridized carbons (Fsp3) is 0.256. The Balaban J connectivity index is 1.26. The van der Waals surface area contributed by atoms with Crippen molar-refractivity contribution >= 4 is 17.8 Å². The van der Waals surface area contributed by atoms with Crippen molar-refractivity contribution < 1.29 is 28.6 Å². The minimum atomic E-state index is -0.812. The van der Waals surface area contributed by atoms with E-state index in [1.807, 2.05) is 110 Å². The molecule has 0 saturated carbocycles. The summed E-state index contributed by atoms with van der Waals surface area (Å²) < 4.78 is 16.8. The molecule has 0 fully saturated rings. The van der Waals surface area contributed by atoms with Crippen LogP contribution in [0.25, 0.3) is 0 Å². The van der Waals surface area contributed by atoms with Gasteiger partial charge in [-0.2, -0.15) is 0 Å². The average Bonchev–Trinajstić information content (AvgIpc) is 3.47. The molecule has 10 nitrogen and oxygen atoms in total. The van der Waals surface area contributed by atoms with Crippen LogP contribution < -0.4 is 24.8 Å². The molecule has 0 saturated heterocycles. The van der Waals surface area contributed by atoms with Crippen LogP contribution in [0.4, 0.5) is 4.79 Å². The van der Waals surface area contributed by atoms with Crippen molar-refractivity contribution in [2.75, 3.05) is 33.9 Å². The van der Waals surface area contributed by atoms with E-state index >= 15 is 0 Å². The summed E-state index contributed by atoms with van der Waals surface area (Å²) in [7, 11) is 3.17. The van der Waals surface area contributed by atoms with Crippen LogP contribution in [0.2, 0.25) is 0 Å². The average molecular weight is 661 g/mol. The Morgan fingerprint density at radius 2 is 1.57 bits per heavy atom. The summed E-state index contributed by atoms with van der Waals surface area (Å²) in [4.78, 5) is 45.1. The number of amides is 4. The van der Waals surface area contributed by atoms with Gasteiger partial charge in [0, 0.05) is 19.5 Å². The molecule has 0 spiro atoms. The molecule has 0 unspecified atom stereocenters. The highest BCUT2D eigenvalue weighted by atomic mass is 16.5. The number of para-hydroxylation sites is 1. The summed E-state index contributed by atoms with van der Waals surface area (Å²) in [6, 6.07) is 30.3. The number of ether oxygens (including phenoxy) is 3. The summed E-state index contributed by atoms with van der Waals surface area (Å²) in [6.07, 6.45) is 0.867. The molecule has 4 aromatic rings. The highest BCUT2D eigenvalue weighted by Crippen LogP contribution is 2.38. The molecule has 2 heterocycles. The van der Waals surface area contributed by atoms with Gasteiger partial charge in [-0.3, -0.25) is 14.5 Å². The number of rotatable bonds is 13. The molecule has 2 aliphatic heterocycles. The zero-order chi connectivity index (χ0) is 34.3. The Morgan fingerprint density at radius 3 is 2.29 bits per heavy atom. The predicted octanol–water partition coefficient (Wildman–Crippen LogP) is 5.65. The molecule has 6 rings (SSSR count). The van der Waals surface area contributed by atoms with Crippen molar-refractivity contribution in [2.24, 2.45) is 0 Å². The third-order valence-electron chi connectivity index (χ3n) is 8.85. The quantitative estimate of drug-likeness (QED) is 0.192. The lowest BCUT2D eigenvalue weighted by molar-refractivity contribution is -0.136. The van der Waals surface area contributed by atoms with Crippen LogP contribution in [-0.4, -0.2) is 67.5 Å². The van der Waals surface area contributed by atoms with Crippen LogP contribution in [0.5, 0.6) is 23.0 Å². The normalized spacial score (nSPS) is 16.2. The minimum Gasteiger partial charge on any atom is -0.493 e. The Bertz CT molecular complexity index is 1840. The number of carbonyl (C=O) groups is 3. The molecule has 4 amide bonds. The van der Waals surface area contributed by atoms with Gasteiger partial charge in [-0.05, 0) is 66.4 Å². The van der Waals surface area contributed by atoms with Gasteiger partial charge in [0.1, 0.15) is 17.5 Å². The van der Waals surface area contributed by atoms with E-state index in [1.54, 1.807) is 24.0 Å². The summed E-state index contributed by atoms with van der Waals surface area (Å²) in [5.41, 5.74) is 3.65. The van der Waals surface area contributed by atoms with E-state index in [1.165, 1.54) is 0 Å². The number of hydrogen-bond donors (Lipinski definition) is 2. The van der Waals surface area contributed by atoms with E-state index in [2.05, 4.69) is 10.6 Å². The summed E-state index contributed by atoms with van der Waals surface area (Å²) >= 11 is 0. The smallest absolute Gasteiger partial charge is 0.322 e. The molecule has 0 aliphatic carbocycles. The van der Waals surface area contributed by atoms with Gasteiger partial charge < -0.3 is 29.7 Å². The molecule has 2 N–H and O–H groups in total. The molecular weight excluding hydrogens is 620 g/mol. The zero-order valence-electron chi connectivity index (χ0n) is 27.8. The number of hydrogen-bond acceptors (Lipinski definition) is 6.